The van der Waals surface area contributed by atoms with Crippen LogP contribution in [0.25, 0.3) is 11.3 Å². The summed E-state index contributed by atoms with van der Waals surface area (Å²) in [4.78, 5) is 19.3. The second-order valence-electron chi connectivity index (χ2n) is 6.97. The first-order valence-electron chi connectivity index (χ1n) is 9.52. The Morgan fingerprint density at radius 3 is 2.45 bits per heavy atom. The van der Waals surface area contributed by atoms with Gasteiger partial charge in [0, 0.05) is 42.7 Å². The molecule has 1 aliphatic heterocycles. The van der Waals surface area contributed by atoms with Gasteiger partial charge >= 0.3 is 0 Å². The second kappa shape index (κ2) is 8.85. The van der Waals surface area contributed by atoms with E-state index >= 15 is 0 Å². The highest BCUT2D eigenvalue weighted by atomic mass is 35.5. The zero-order chi connectivity index (χ0) is 20.2. The summed E-state index contributed by atoms with van der Waals surface area (Å²) >= 11 is 12.3. The van der Waals surface area contributed by atoms with Crippen LogP contribution < -0.4 is 4.74 Å². The van der Waals surface area contributed by atoms with Gasteiger partial charge in [-0.1, -0.05) is 35.3 Å². The summed E-state index contributed by atoms with van der Waals surface area (Å²) in [6.45, 7) is 1.25. The number of benzene rings is 2. The third-order valence-electron chi connectivity index (χ3n) is 5.00. The molecule has 0 N–H and O–H groups in total. The lowest BCUT2D eigenvalue weighted by molar-refractivity contribution is 0.0596. The third kappa shape index (κ3) is 4.72. The smallest absolute Gasteiger partial charge is 0.255 e. The molecule has 0 saturated carbocycles. The highest BCUT2D eigenvalue weighted by molar-refractivity contribution is 6.34. The van der Waals surface area contributed by atoms with Crippen molar-refractivity contribution in [3.05, 3.63) is 82.5 Å². The number of halogens is 2. The molecule has 0 bridgehead atoms. The van der Waals surface area contributed by atoms with Crippen LogP contribution in [0.1, 0.15) is 23.2 Å². The molecule has 1 aliphatic rings. The highest BCUT2D eigenvalue weighted by Crippen LogP contribution is 2.27. The molecule has 0 spiro atoms. The molecular weight excluding hydrogens is 407 g/mol. The largest absolute Gasteiger partial charge is 0.490 e. The topological polar surface area (TPSA) is 42.4 Å². The van der Waals surface area contributed by atoms with Gasteiger partial charge < -0.3 is 9.64 Å². The molecule has 1 saturated heterocycles. The summed E-state index contributed by atoms with van der Waals surface area (Å²) in [5.41, 5.74) is 2.19. The molecule has 2 heterocycles. The monoisotopic (exact) mass is 426 g/mol. The average molecular weight is 427 g/mol. The summed E-state index contributed by atoms with van der Waals surface area (Å²) in [6, 6.07) is 18.5. The molecule has 0 atom stereocenters. The highest BCUT2D eigenvalue weighted by Gasteiger charge is 2.26. The summed E-state index contributed by atoms with van der Waals surface area (Å²) in [5.74, 6) is 0.739. The molecule has 148 valence electrons. The van der Waals surface area contributed by atoms with Crippen molar-refractivity contribution in [2.45, 2.75) is 18.9 Å². The van der Waals surface area contributed by atoms with Crippen LogP contribution in [0.3, 0.4) is 0 Å². The SMILES string of the molecule is O=C(c1cc(-c2ccccn2)ccc1Cl)N1CCC(Oc2ccc(Cl)cc2)CC1. The molecule has 1 amide bonds. The molecule has 4 rings (SSSR count). The number of piperidine rings is 1. The van der Waals surface area contributed by atoms with Crippen molar-refractivity contribution in [1.82, 2.24) is 9.88 Å². The van der Waals surface area contributed by atoms with E-state index in [1.54, 1.807) is 12.3 Å². The number of hydrogen-bond acceptors (Lipinski definition) is 3. The maximum absolute atomic E-state index is 13.1. The Balaban J connectivity index is 1.42. The van der Waals surface area contributed by atoms with Crippen LogP contribution in [-0.2, 0) is 0 Å². The van der Waals surface area contributed by atoms with Crippen LogP contribution in [0, 0.1) is 0 Å². The van der Waals surface area contributed by atoms with Crippen LogP contribution in [0.2, 0.25) is 10.0 Å². The number of carbonyl (C=O) groups is 1. The van der Waals surface area contributed by atoms with E-state index in [-0.39, 0.29) is 12.0 Å². The molecule has 4 nitrogen and oxygen atoms in total. The van der Waals surface area contributed by atoms with Crippen LogP contribution in [0.15, 0.2) is 66.9 Å². The van der Waals surface area contributed by atoms with Gasteiger partial charge in [0.05, 0.1) is 16.3 Å². The number of ether oxygens (including phenoxy) is 1. The molecule has 0 radical (unpaired) electrons. The summed E-state index contributed by atoms with van der Waals surface area (Å²) in [5, 5.41) is 1.14. The maximum Gasteiger partial charge on any atom is 0.255 e. The number of likely N-dealkylation sites (tertiary alicyclic amines) is 1. The number of amides is 1. The normalized spacial score (nSPS) is 14.6. The standard InChI is InChI=1S/C23H20Cl2N2O2/c24-17-5-7-18(8-6-17)29-19-10-13-27(14-11-19)23(28)20-15-16(4-9-21(20)25)22-3-1-2-12-26-22/h1-9,12,15,19H,10-11,13-14H2. The van der Waals surface area contributed by atoms with E-state index < -0.39 is 0 Å². The van der Waals surface area contributed by atoms with E-state index in [4.69, 9.17) is 27.9 Å². The van der Waals surface area contributed by atoms with E-state index in [2.05, 4.69) is 4.98 Å². The van der Waals surface area contributed by atoms with Crippen molar-refractivity contribution >= 4 is 29.1 Å². The van der Waals surface area contributed by atoms with Gasteiger partial charge in [0.2, 0.25) is 0 Å². The van der Waals surface area contributed by atoms with Crippen molar-refractivity contribution in [3.8, 4) is 17.0 Å². The van der Waals surface area contributed by atoms with E-state index in [1.165, 1.54) is 0 Å². The Hall–Kier alpha value is -2.56. The Morgan fingerprint density at radius 2 is 1.76 bits per heavy atom. The number of carbonyl (C=O) groups excluding carboxylic acids is 1. The van der Waals surface area contributed by atoms with Gasteiger partial charge in [0.15, 0.2) is 0 Å². The number of rotatable bonds is 4. The number of pyridine rings is 1. The zero-order valence-corrected chi connectivity index (χ0v) is 17.2. The molecule has 1 aromatic heterocycles. The van der Waals surface area contributed by atoms with E-state index in [0.717, 1.165) is 29.8 Å². The Bertz CT molecular complexity index is 986. The van der Waals surface area contributed by atoms with E-state index in [1.807, 2.05) is 59.5 Å². The molecule has 0 aliphatic carbocycles. The first-order chi connectivity index (χ1) is 14.1. The van der Waals surface area contributed by atoms with Crippen LogP contribution in [-0.4, -0.2) is 35.0 Å². The van der Waals surface area contributed by atoms with Gasteiger partial charge in [0.1, 0.15) is 11.9 Å². The molecule has 0 unspecified atom stereocenters. The quantitative estimate of drug-likeness (QED) is 0.533. The third-order valence-corrected chi connectivity index (χ3v) is 5.58. The molecule has 6 heteroatoms. The van der Waals surface area contributed by atoms with Crippen molar-refractivity contribution in [2.24, 2.45) is 0 Å². The summed E-state index contributed by atoms with van der Waals surface area (Å²) < 4.78 is 6.01. The fourth-order valence-corrected chi connectivity index (χ4v) is 3.76. The van der Waals surface area contributed by atoms with Gasteiger partial charge in [-0.05, 0) is 48.5 Å². The van der Waals surface area contributed by atoms with Gasteiger partial charge in [-0.3, -0.25) is 9.78 Å². The Kier molecular flexibility index (Phi) is 6.02. The second-order valence-corrected chi connectivity index (χ2v) is 7.82. The van der Waals surface area contributed by atoms with Crippen LogP contribution >= 0.6 is 23.2 Å². The minimum Gasteiger partial charge on any atom is -0.490 e. The Labute approximate surface area is 180 Å². The van der Waals surface area contributed by atoms with Crippen LogP contribution in [0.5, 0.6) is 5.75 Å². The predicted molar refractivity (Wildman–Crippen MR) is 116 cm³/mol. The lowest BCUT2D eigenvalue weighted by Gasteiger charge is -2.32. The lowest BCUT2D eigenvalue weighted by Crippen LogP contribution is -2.41. The minimum atomic E-state index is -0.0577. The van der Waals surface area contributed by atoms with Gasteiger partial charge in [-0.15, -0.1) is 0 Å². The first kappa shape index (κ1) is 19.7. The van der Waals surface area contributed by atoms with E-state index in [9.17, 15) is 4.79 Å². The van der Waals surface area contributed by atoms with E-state index in [0.29, 0.717) is 28.7 Å². The van der Waals surface area contributed by atoms with Crippen molar-refractivity contribution in [2.75, 3.05) is 13.1 Å². The van der Waals surface area contributed by atoms with Gasteiger partial charge in [-0.25, -0.2) is 0 Å². The van der Waals surface area contributed by atoms with Gasteiger partial charge in [-0.2, -0.15) is 0 Å². The summed E-state index contributed by atoms with van der Waals surface area (Å²) in [7, 11) is 0. The maximum atomic E-state index is 13.1. The summed E-state index contributed by atoms with van der Waals surface area (Å²) in [6.07, 6.45) is 3.35. The predicted octanol–water partition coefficient (Wildman–Crippen LogP) is 5.74. The molecule has 1 fully saturated rings. The fraction of sp³-hybridized carbons (Fsp3) is 0.217. The number of nitrogens with zero attached hydrogens (tertiary/aromatic N) is 2. The number of hydrogen-bond donors (Lipinski definition) is 0. The van der Waals surface area contributed by atoms with Crippen molar-refractivity contribution in [3.63, 3.8) is 0 Å². The van der Waals surface area contributed by atoms with Crippen LogP contribution in [0.4, 0.5) is 0 Å². The lowest BCUT2D eigenvalue weighted by atomic mass is 10.0. The molecule has 3 aromatic rings. The molecule has 29 heavy (non-hydrogen) atoms. The van der Waals surface area contributed by atoms with Gasteiger partial charge in [0.25, 0.3) is 5.91 Å². The fourth-order valence-electron chi connectivity index (χ4n) is 3.43. The average Bonchev–Trinajstić information content (AvgIpc) is 2.76. The van der Waals surface area contributed by atoms with Crippen molar-refractivity contribution in [1.29, 1.82) is 0 Å². The van der Waals surface area contributed by atoms with Crippen molar-refractivity contribution < 1.29 is 9.53 Å². The molecule has 2 aromatic carbocycles. The first-order valence-corrected chi connectivity index (χ1v) is 10.3. The Morgan fingerprint density at radius 1 is 1.00 bits per heavy atom. The minimum absolute atomic E-state index is 0.0577. The zero-order valence-electron chi connectivity index (χ0n) is 15.7. The number of aromatic nitrogens is 1. The molecular formula is C23H20Cl2N2O2.